The summed E-state index contributed by atoms with van der Waals surface area (Å²) in [5, 5.41) is 4.27. The van der Waals surface area contributed by atoms with E-state index in [2.05, 4.69) is 21.8 Å². The van der Waals surface area contributed by atoms with Crippen LogP contribution in [0.25, 0.3) is 0 Å². The van der Waals surface area contributed by atoms with Crippen molar-refractivity contribution in [3.8, 4) is 0 Å². The van der Waals surface area contributed by atoms with Gasteiger partial charge in [0.15, 0.2) is 0 Å². The van der Waals surface area contributed by atoms with Gasteiger partial charge in [-0.15, -0.1) is 0 Å². The number of hydrogen-bond donors (Lipinski definition) is 1. The van der Waals surface area contributed by atoms with E-state index < -0.39 is 0 Å². The Hall–Kier alpha value is -1.13. The van der Waals surface area contributed by atoms with Crippen molar-refractivity contribution in [3.63, 3.8) is 0 Å². The summed E-state index contributed by atoms with van der Waals surface area (Å²) >= 11 is 1.73. The Morgan fingerprint density at radius 2 is 2.47 bits per heavy atom. The maximum Gasteiger partial charge on any atom is 0.125 e. The molecule has 0 saturated heterocycles. The Morgan fingerprint density at radius 3 is 3.07 bits per heavy atom. The molecule has 0 amide bonds. The van der Waals surface area contributed by atoms with Crippen LogP contribution in [0.4, 0.5) is 0 Å². The van der Waals surface area contributed by atoms with Gasteiger partial charge in [0.05, 0.1) is 6.04 Å². The van der Waals surface area contributed by atoms with Crippen LogP contribution in [0.1, 0.15) is 23.9 Å². The first-order valence-corrected chi connectivity index (χ1v) is 5.95. The largest absolute Gasteiger partial charge is 0.337 e. The lowest BCUT2D eigenvalue weighted by Gasteiger charge is -2.10. The van der Waals surface area contributed by atoms with E-state index in [0.717, 1.165) is 18.7 Å². The number of hydrogen-bond acceptors (Lipinski definition) is 3. The molecule has 0 radical (unpaired) electrons. The maximum atomic E-state index is 6.08. The van der Waals surface area contributed by atoms with Crippen molar-refractivity contribution in [1.82, 2.24) is 9.55 Å². The van der Waals surface area contributed by atoms with Crippen LogP contribution in [-0.2, 0) is 13.5 Å². The van der Waals surface area contributed by atoms with Crippen molar-refractivity contribution < 1.29 is 0 Å². The average Bonchev–Trinajstić information content (AvgIpc) is 2.84. The SMILES string of the molecule is Cn1ccnc1C(N)CCc1ccsc1. The van der Waals surface area contributed by atoms with Crippen LogP contribution in [0.2, 0.25) is 0 Å². The third kappa shape index (κ3) is 2.46. The van der Waals surface area contributed by atoms with Gasteiger partial charge in [-0.05, 0) is 35.2 Å². The predicted molar refractivity (Wildman–Crippen MR) is 62.8 cm³/mol. The van der Waals surface area contributed by atoms with Gasteiger partial charge in [-0.25, -0.2) is 4.98 Å². The molecule has 2 N–H and O–H groups in total. The van der Waals surface area contributed by atoms with Gasteiger partial charge in [-0.3, -0.25) is 0 Å². The van der Waals surface area contributed by atoms with Gasteiger partial charge in [0.25, 0.3) is 0 Å². The molecular formula is C11H15N3S. The minimum absolute atomic E-state index is 0.0323. The Kier molecular flexibility index (Phi) is 3.18. The van der Waals surface area contributed by atoms with Gasteiger partial charge in [0.2, 0.25) is 0 Å². The third-order valence-corrected chi connectivity index (χ3v) is 3.25. The van der Waals surface area contributed by atoms with E-state index in [-0.39, 0.29) is 6.04 Å². The summed E-state index contributed by atoms with van der Waals surface area (Å²) in [6.07, 6.45) is 5.69. The number of nitrogens with two attached hydrogens (primary N) is 1. The summed E-state index contributed by atoms with van der Waals surface area (Å²) in [5.74, 6) is 0.963. The van der Waals surface area contributed by atoms with Crippen LogP contribution < -0.4 is 5.73 Å². The summed E-state index contributed by atoms with van der Waals surface area (Å²) in [5.41, 5.74) is 7.44. The molecule has 2 aromatic rings. The standard InChI is InChI=1S/C11H15N3S/c1-14-6-5-13-11(14)10(12)3-2-9-4-7-15-8-9/h4-8,10H,2-3,12H2,1H3. The van der Waals surface area contributed by atoms with Crippen LogP contribution in [0.5, 0.6) is 0 Å². The van der Waals surface area contributed by atoms with Crippen molar-refractivity contribution in [1.29, 1.82) is 0 Å². The fourth-order valence-corrected chi connectivity index (χ4v) is 2.32. The lowest BCUT2D eigenvalue weighted by Crippen LogP contribution is -2.15. The first-order valence-electron chi connectivity index (χ1n) is 5.01. The molecule has 2 rings (SSSR count). The highest BCUT2D eigenvalue weighted by Crippen LogP contribution is 2.16. The minimum Gasteiger partial charge on any atom is -0.337 e. The number of thiophene rings is 1. The highest BCUT2D eigenvalue weighted by Gasteiger charge is 2.10. The molecule has 3 nitrogen and oxygen atoms in total. The summed E-state index contributed by atoms with van der Waals surface area (Å²) in [4.78, 5) is 4.26. The molecule has 0 bridgehead atoms. The number of aryl methyl sites for hydroxylation is 2. The number of rotatable bonds is 4. The van der Waals surface area contributed by atoms with E-state index >= 15 is 0 Å². The molecular weight excluding hydrogens is 206 g/mol. The zero-order chi connectivity index (χ0) is 10.7. The Morgan fingerprint density at radius 1 is 1.60 bits per heavy atom. The lowest BCUT2D eigenvalue weighted by molar-refractivity contribution is 0.588. The monoisotopic (exact) mass is 221 g/mol. The molecule has 15 heavy (non-hydrogen) atoms. The number of imidazole rings is 1. The van der Waals surface area contributed by atoms with Crippen LogP contribution >= 0.6 is 11.3 Å². The molecule has 0 saturated carbocycles. The summed E-state index contributed by atoms with van der Waals surface area (Å²) in [7, 11) is 1.98. The second kappa shape index (κ2) is 4.59. The lowest BCUT2D eigenvalue weighted by atomic mass is 10.1. The molecule has 4 heteroatoms. The van der Waals surface area contributed by atoms with Crippen molar-refractivity contribution in [2.24, 2.45) is 12.8 Å². The zero-order valence-corrected chi connectivity index (χ0v) is 9.57. The second-order valence-electron chi connectivity index (χ2n) is 3.67. The predicted octanol–water partition coefficient (Wildman–Crippen LogP) is 2.11. The smallest absolute Gasteiger partial charge is 0.125 e. The van der Waals surface area contributed by atoms with E-state index in [0.29, 0.717) is 0 Å². The summed E-state index contributed by atoms with van der Waals surface area (Å²) in [6, 6.07) is 2.18. The van der Waals surface area contributed by atoms with E-state index in [1.807, 2.05) is 17.8 Å². The first kappa shape index (κ1) is 10.4. The topological polar surface area (TPSA) is 43.8 Å². The van der Waals surface area contributed by atoms with E-state index in [4.69, 9.17) is 5.73 Å². The molecule has 1 unspecified atom stereocenters. The molecule has 0 aliphatic rings. The van der Waals surface area contributed by atoms with Gasteiger partial charge in [-0.1, -0.05) is 0 Å². The quantitative estimate of drug-likeness (QED) is 0.859. The highest BCUT2D eigenvalue weighted by molar-refractivity contribution is 7.07. The molecule has 0 fully saturated rings. The molecule has 1 atom stereocenters. The molecule has 0 aromatic carbocycles. The number of nitrogens with zero attached hydrogens (tertiary/aromatic N) is 2. The highest BCUT2D eigenvalue weighted by atomic mass is 32.1. The van der Waals surface area contributed by atoms with Gasteiger partial charge >= 0.3 is 0 Å². The van der Waals surface area contributed by atoms with E-state index in [9.17, 15) is 0 Å². The van der Waals surface area contributed by atoms with Gasteiger partial charge in [0, 0.05) is 19.4 Å². The van der Waals surface area contributed by atoms with Crippen LogP contribution in [-0.4, -0.2) is 9.55 Å². The van der Waals surface area contributed by atoms with Crippen molar-refractivity contribution in [3.05, 3.63) is 40.6 Å². The molecule has 0 spiro atoms. The van der Waals surface area contributed by atoms with Crippen molar-refractivity contribution in [2.45, 2.75) is 18.9 Å². The van der Waals surface area contributed by atoms with Gasteiger partial charge in [0.1, 0.15) is 5.82 Å². The van der Waals surface area contributed by atoms with Crippen LogP contribution in [0.15, 0.2) is 29.2 Å². The van der Waals surface area contributed by atoms with Gasteiger partial charge in [-0.2, -0.15) is 11.3 Å². The second-order valence-corrected chi connectivity index (χ2v) is 4.45. The molecule has 0 aliphatic carbocycles. The normalized spacial score (nSPS) is 12.9. The Balaban J connectivity index is 1.93. The third-order valence-electron chi connectivity index (χ3n) is 2.51. The minimum atomic E-state index is 0.0323. The molecule has 2 heterocycles. The van der Waals surface area contributed by atoms with Crippen LogP contribution in [0.3, 0.4) is 0 Å². The number of aromatic nitrogens is 2. The summed E-state index contributed by atoms with van der Waals surface area (Å²) in [6.45, 7) is 0. The van der Waals surface area contributed by atoms with Crippen molar-refractivity contribution in [2.75, 3.05) is 0 Å². The molecule has 80 valence electrons. The van der Waals surface area contributed by atoms with Crippen LogP contribution in [0, 0.1) is 0 Å². The van der Waals surface area contributed by atoms with Crippen molar-refractivity contribution >= 4 is 11.3 Å². The molecule has 0 aliphatic heterocycles. The molecule has 2 aromatic heterocycles. The summed E-state index contributed by atoms with van der Waals surface area (Å²) < 4.78 is 1.98. The first-order chi connectivity index (χ1) is 7.27. The zero-order valence-electron chi connectivity index (χ0n) is 8.76. The average molecular weight is 221 g/mol. The Labute approximate surface area is 93.6 Å². The Bertz CT molecular complexity index is 405. The fourth-order valence-electron chi connectivity index (χ4n) is 1.62. The maximum absolute atomic E-state index is 6.08. The fraction of sp³-hybridized carbons (Fsp3) is 0.364. The van der Waals surface area contributed by atoms with E-state index in [1.54, 1.807) is 17.5 Å². The van der Waals surface area contributed by atoms with Gasteiger partial charge < -0.3 is 10.3 Å². The van der Waals surface area contributed by atoms with E-state index in [1.165, 1.54) is 5.56 Å².